The van der Waals surface area contributed by atoms with Gasteiger partial charge in [0, 0.05) is 22.5 Å². The highest BCUT2D eigenvalue weighted by Crippen LogP contribution is 2.16. The van der Waals surface area contributed by atoms with E-state index in [1.54, 1.807) is 24.5 Å². The van der Waals surface area contributed by atoms with E-state index < -0.39 is 0 Å². The van der Waals surface area contributed by atoms with Crippen LogP contribution in [0.3, 0.4) is 0 Å². The molecule has 6 nitrogen and oxygen atoms in total. The Balaban J connectivity index is 1.37. The first-order valence-corrected chi connectivity index (χ1v) is 10.6. The third-order valence-corrected chi connectivity index (χ3v) is 5.34. The van der Waals surface area contributed by atoms with Gasteiger partial charge in [0.15, 0.2) is 11.6 Å². The number of rotatable bonds is 8. The minimum absolute atomic E-state index is 0.190. The minimum Gasteiger partial charge on any atom is -0.294 e. The number of carbonyl (C=O) groups excluding carboxylic acids is 2. The van der Waals surface area contributed by atoms with Crippen LogP contribution in [0.4, 0.5) is 0 Å². The Labute approximate surface area is 192 Å². The van der Waals surface area contributed by atoms with Gasteiger partial charge in [0.25, 0.3) is 0 Å². The standard InChI is InChI=1S/C27H24N4O2/c1-20-22(18-28-30(20)24-9-5-3-6-10-24)13-15-26(32)17-27(33)16-14-23-19-29-31(21(23)2)25-11-7-4-8-12-25/h3-16,18-19H,17H2,1-2H3. The van der Waals surface area contributed by atoms with Crippen LogP contribution in [0.25, 0.3) is 23.5 Å². The van der Waals surface area contributed by atoms with Gasteiger partial charge in [-0.1, -0.05) is 36.4 Å². The van der Waals surface area contributed by atoms with Crippen molar-refractivity contribution in [3.05, 3.63) is 108 Å². The fourth-order valence-corrected chi connectivity index (χ4v) is 3.49. The molecule has 0 unspecified atom stereocenters. The fraction of sp³-hybridized carbons (Fsp3) is 0.111. The zero-order chi connectivity index (χ0) is 23.2. The lowest BCUT2D eigenvalue weighted by Crippen LogP contribution is -2.02. The van der Waals surface area contributed by atoms with Crippen LogP contribution in [0.15, 0.2) is 85.2 Å². The first-order chi connectivity index (χ1) is 16.0. The lowest BCUT2D eigenvalue weighted by atomic mass is 10.1. The molecule has 0 N–H and O–H groups in total. The molecule has 0 saturated carbocycles. The van der Waals surface area contributed by atoms with Gasteiger partial charge in [-0.2, -0.15) is 10.2 Å². The van der Waals surface area contributed by atoms with Gasteiger partial charge < -0.3 is 0 Å². The Bertz CT molecular complexity index is 1230. The summed E-state index contributed by atoms with van der Waals surface area (Å²) in [5, 5.41) is 8.78. The number of ketones is 2. The molecule has 2 aromatic carbocycles. The van der Waals surface area contributed by atoms with Crippen molar-refractivity contribution in [2.45, 2.75) is 20.3 Å². The second kappa shape index (κ2) is 9.87. The molecule has 2 aromatic heterocycles. The number of para-hydroxylation sites is 2. The zero-order valence-corrected chi connectivity index (χ0v) is 18.6. The second-order valence-electron chi connectivity index (χ2n) is 7.64. The van der Waals surface area contributed by atoms with Gasteiger partial charge >= 0.3 is 0 Å². The predicted octanol–water partition coefficient (Wildman–Crippen LogP) is 4.93. The average Bonchev–Trinajstić information content (AvgIpc) is 3.39. The van der Waals surface area contributed by atoms with Gasteiger partial charge in [-0.25, -0.2) is 9.36 Å². The molecule has 33 heavy (non-hydrogen) atoms. The molecule has 0 radical (unpaired) electrons. The van der Waals surface area contributed by atoms with Gasteiger partial charge in [0.05, 0.1) is 30.2 Å². The smallest absolute Gasteiger partial charge is 0.163 e. The van der Waals surface area contributed by atoms with Gasteiger partial charge in [-0.15, -0.1) is 0 Å². The summed E-state index contributed by atoms with van der Waals surface area (Å²) in [6.45, 7) is 3.88. The molecule has 4 rings (SSSR count). The summed E-state index contributed by atoms with van der Waals surface area (Å²) in [6, 6.07) is 19.6. The summed E-state index contributed by atoms with van der Waals surface area (Å²) < 4.78 is 3.63. The van der Waals surface area contributed by atoms with E-state index >= 15 is 0 Å². The molecule has 0 saturated heterocycles. The molecule has 6 heteroatoms. The monoisotopic (exact) mass is 436 g/mol. The number of benzene rings is 2. The number of allylic oxidation sites excluding steroid dienone is 2. The van der Waals surface area contributed by atoms with Crippen LogP contribution in [0.5, 0.6) is 0 Å². The van der Waals surface area contributed by atoms with Crippen LogP contribution in [0, 0.1) is 13.8 Å². The molecule has 0 spiro atoms. The molecular weight excluding hydrogens is 412 g/mol. The van der Waals surface area contributed by atoms with E-state index in [4.69, 9.17) is 0 Å². The molecule has 0 bridgehead atoms. The Hall–Kier alpha value is -4.32. The maximum Gasteiger partial charge on any atom is 0.163 e. The Morgan fingerprint density at radius 2 is 1.09 bits per heavy atom. The first kappa shape index (κ1) is 21.9. The van der Waals surface area contributed by atoms with Crippen molar-refractivity contribution in [3.8, 4) is 11.4 Å². The lowest BCUT2D eigenvalue weighted by Gasteiger charge is -2.03. The van der Waals surface area contributed by atoms with Crippen molar-refractivity contribution >= 4 is 23.7 Å². The van der Waals surface area contributed by atoms with Crippen molar-refractivity contribution in [2.75, 3.05) is 0 Å². The second-order valence-corrected chi connectivity index (χ2v) is 7.64. The van der Waals surface area contributed by atoms with Crippen molar-refractivity contribution in [1.82, 2.24) is 19.6 Å². The van der Waals surface area contributed by atoms with Gasteiger partial charge in [-0.3, -0.25) is 9.59 Å². The van der Waals surface area contributed by atoms with Crippen molar-refractivity contribution in [1.29, 1.82) is 0 Å². The predicted molar refractivity (Wildman–Crippen MR) is 129 cm³/mol. The summed E-state index contributed by atoms with van der Waals surface area (Å²) in [7, 11) is 0. The highest BCUT2D eigenvalue weighted by Gasteiger charge is 2.09. The summed E-state index contributed by atoms with van der Waals surface area (Å²) in [5.41, 5.74) is 5.40. The van der Waals surface area contributed by atoms with E-state index in [-0.39, 0.29) is 18.0 Å². The zero-order valence-electron chi connectivity index (χ0n) is 18.6. The maximum atomic E-state index is 12.3. The lowest BCUT2D eigenvalue weighted by molar-refractivity contribution is -0.121. The van der Waals surface area contributed by atoms with Crippen LogP contribution >= 0.6 is 0 Å². The molecule has 4 aromatic rings. The third kappa shape index (κ3) is 5.13. The Kier molecular flexibility index (Phi) is 6.55. The summed E-state index contributed by atoms with van der Waals surface area (Å²) in [4.78, 5) is 24.6. The average molecular weight is 437 g/mol. The van der Waals surface area contributed by atoms with Crippen LogP contribution in [-0.4, -0.2) is 31.1 Å². The number of hydrogen-bond donors (Lipinski definition) is 0. The van der Waals surface area contributed by atoms with E-state index in [0.717, 1.165) is 33.9 Å². The van der Waals surface area contributed by atoms with Crippen molar-refractivity contribution in [2.24, 2.45) is 0 Å². The van der Waals surface area contributed by atoms with E-state index in [9.17, 15) is 9.59 Å². The van der Waals surface area contributed by atoms with Crippen LogP contribution in [0.2, 0.25) is 0 Å². The quantitative estimate of drug-likeness (QED) is 0.290. The highest BCUT2D eigenvalue weighted by atomic mass is 16.1. The molecule has 0 atom stereocenters. The molecule has 2 heterocycles. The number of hydrogen-bond acceptors (Lipinski definition) is 4. The largest absolute Gasteiger partial charge is 0.294 e. The van der Waals surface area contributed by atoms with Crippen molar-refractivity contribution in [3.63, 3.8) is 0 Å². The van der Waals surface area contributed by atoms with E-state index in [1.165, 1.54) is 12.2 Å². The summed E-state index contributed by atoms with van der Waals surface area (Å²) in [5.74, 6) is -0.513. The van der Waals surface area contributed by atoms with Gasteiger partial charge in [0.1, 0.15) is 0 Å². The third-order valence-electron chi connectivity index (χ3n) is 5.34. The molecule has 0 aliphatic rings. The summed E-state index contributed by atoms with van der Waals surface area (Å²) >= 11 is 0. The number of carbonyl (C=O) groups is 2. The van der Waals surface area contributed by atoms with Gasteiger partial charge in [0.2, 0.25) is 0 Å². The minimum atomic E-state index is -0.256. The number of nitrogens with zero attached hydrogens (tertiary/aromatic N) is 4. The molecule has 0 aliphatic heterocycles. The Morgan fingerprint density at radius 1 is 0.697 bits per heavy atom. The van der Waals surface area contributed by atoms with Crippen molar-refractivity contribution < 1.29 is 9.59 Å². The normalized spacial score (nSPS) is 11.5. The molecule has 0 amide bonds. The van der Waals surface area contributed by atoms with E-state index in [0.29, 0.717) is 0 Å². The first-order valence-electron chi connectivity index (χ1n) is 10.6. The maximum absolute atomic E-state index is 12.3. The van der Waals surface area contributed by atoms with E-state index in [1.807, 2.05) is 83.9 Å². The fourth-order valence-electron chi connectivity index (χ4n) is 3.49. The molecule has 0 aliphatic carbocycles. The van der Waals surface area contributed by atoms with Crippen LogP contribution in [0.1, 0.15) is 28.9 Å². The molecule has 164 valence electrons. The topological polar surface area (TPSA) is 69.8 Å². The van der Waals surface area contributed by atoms with Gasteiger partial charge in [-0.05, 0) is 62.4 Å². The SMILES string of the molecule is Cc1c(C=CC(=O)CC(=O)C=Cc2cnn(-c3ccccc3)c2C)cnn1-c1ccccc1. The Morgan fingerprint density at radius 3 is 1.48 bits per heavy atom. The summed E-state index contributed by atoms with van der Waals surface area (Å²) in [6.07, 6.45) is 9.50. The van der Waals surface area contributed by atoms with E-state index in [2.05, 4.69) is 10.2 Å². The molecular formula is C27H24N4O2. The van der Waals surface area contributed by atoms with Crippen LogP contribution in [-0.2, 0) is 9.59 Å². The highest BCUT2D eigenvalue weighted by molar-refractivity contribution is 6.10. The molecule has 0 fully saturated rings. The van der Waals surface area contributed by atoms with Crippen LogP contribution < -0.4 is 0 Å². The number of aromatic nitrogens is 4.